The number of ether oxygens (including phenoxy) is 4. The first kappa shape index (κ1) is 24.0. The van der Waals surface area contributed by atoms with Crippen LogP contribution in [0.15, 0.2) is 72.5 Å². The number of esters is 2. The molecule has 3 atom stereocenters. The predicted molar refractivity (Wildman–Crippen MR) is 127 cm³/mol. The average molecular weight is 465 g/mol. The van der Waals surface area contributed by atoms with E-state index in [4.69, 9.17) is 18.9 Å². The highest BCUT2D eigenvalue weighted by Gasteiger charge is 2.55. The lowest BCUT2D eigenvalue weighted by Crippen LogP contribution is -2.48. The van der Waals surface area contributed by atoms with Gasteiger partial charge < -0.3 is 18.9 Å². The summed E-state index contributed by atoms with van der Waals surface area (Å²) in [6.07, 6.45) is 5.89. The summed E-state index contributed by atoms with van der Waals surface area (Å²) in [5.41, 5.74) is -0.0981. The fourth-order valence-corrected chi connectivity index (χ4v) is 4.99. The molecule has 180 valence electrons. The van der Waals surface area contributed by atoms with Crippen LogP contribution in [0, 0.1) is 5.92 Å². The SMILES string of the molecule is CCOC(=O)[C@]1(c2ccccc2)O[C@@H](C2CCCCC2)OC(C(=O)OC)=C[C@H]1c1ccccc1. The first-order valence-electron chi connectivity index (χ1n) is 12.0. The van der Waals surface area contributed by atoms with Crippen LogP contribution in [0.4, 0.5) is 0 Å². The van der Waals surface area contributed by atoms with Gasteiger partial charge in [0.15, 0.2) is 0 Å². The molecule has 0 radical (unpaired) electrons. The Labute approximate surface area is 200 Å². The van der Waals surface area contributed by atoms with Crippen LogP contribution >= 0.6 is 0 Å². The second-order valence-electron chi connectivity index (χ2n) is 8.74. The van der Waals surface area contributed by atoms with Crippen molar-refractivity contribution in [3.05, 3.63) is 83.6 Å². The van der Waals surface area contributed by atoms with E-state index in [1.54, 1.807) is 13.0 Å². The summed E-state index contributed by atoms with van der Waals surface area (Å²) in [4.78, 5) is 26.7. The third-order valence-electron chi connectivity index (χ3n) is 6.66. The molecule has 1 fully saturated rings. The van der Waals surface area contributed by atoms with Crippen LogP contribution in [0.3, 0.4) is 0 Å². The first-order valence-corrected chi connectivity index (χ1v) is 12.0. The van der Waals surface area contributed by atoms with E-state index in [2.05, 4.69) is 0 Å². The van der Waals surface area contributed by atoms with Gasteiger partial charge in [-0.25, -0.2) is 9.59 Å². The van der Waals surface area contributed by atoms with E-state index in [0.717, 1.165) is 37.7 Å². The van der Waals surface area contributed by atoms with Crippen LogP contribution in [-0.4, -0.2) is 31.9 Å². The third-order valence-corrected chi connectivity index (χ3v) is 6.66. The quantitative estimate of drug-likeness (QED) is 0.545. The van der Waals surface area contributed by atoms with Crippen molar-refractivity contribution in [1.82, 2.24) is 0 Å². The lowest BCUT2D eigenvalue weighted by molar-refractivity contribution is -0.235. The Morgan fingerprint density at radius 3 is 2.24 bits per heavy atom. The van der Waals surface area contributed by atoms with Crippen molar-refractivity contribution in [2.45, 2.75) is 56.8 Å². The van der Waals surface area contributed by atoms with Gasteiger partial charge in [0.25, 0.3) is 0 Å². The highest BCUT2D eigenvalue weighted by atomic mass is 16.7. The number of carbonyl (C=O) groups is 2. The Bertz CT molecular complexity index is 996. The lowest BCUT2D eigenvalue weighted by Gasteiger charge is -2.40. The van der Waals surface area contributed by atoms with E-state index < -0.39 is 29.7 Å². The van der Waals surface area contributed by atoms with Crippen molar-refractivity contribution < 1.29 is 28.5 Å². The molecule has 4 rings (SSSR count). The van der Waals surface area contributed by atoms with E-state index in [-0.39, 0.29) is 18.3 Å². The van der Waals surface area contributed by atoms with Gasteiger partial charge in [-0.05, 0) is 37.0 Å². The Hall–Kier alpha value is -3.12. The molecule has 1 saturated carbocycles. The third kappa shape index (κ3) is 4.73. The Morgan fingerprint density at radius 1 is 0.971 bits per heavy atom. The molecule has 0 spiro atoms. The molecule has 1 heterocycles. The molecule has 0 bridgehead atoms. The summed E-state index contributed by atoms with van der Waals surface area (Å²) in [7, 11) is 1.32. The van der Waals surface area contributed by atoms with Gasteiger partial charge >= 0.3 is 11.9 Å². The van der Waals surface area contributed by atoms with Crippen LogP contribution in [0.2, 0.25) is 0 Å². The van der Waals surface area contributed by atoms with Gasteiger partial charge in [0.05, 0.1) is 19.6 Å². The summed E-state index contributed by atoms with van der Waals surface area (Å²) in [5, 5.41) is 0. The molecule has 1 aliphatic heterocycles. The normalized spacial score (nSPS) is 25.4. The minimum Gasteiger partial charge on any atom is -0.464 e. The maximum absolute atomic E-state index is 13.9. The Morgan fingerprint density at radius 2 is 1.62 bits per heavy atom. The summed E-state index contributed by atoms with van der Waals surface area (Å²) < 4.78 is 23.7. The molecular formula is C28H32O6. The van der Waals surface area contributed by atoms with Gasteiger partial charge in [0, 0.05) is 5.92 Å². The van der Waals surface area contributed by atoms with Crippen LogP contribution in [0.5, 0.6) is 0 Å². The summed E-state index contributed by atoms with van der Waals surface area (Å²) in [5.74, 6) is -1.71. The molecule has 0 amide bonds. The Balaban J connectivity index is 1.96. The fourth-order valence-electron chi connectivity index (χ4n) is 4.99. The standard InChI is InChI=1S/C28H32O6/c1-3-32-27(30)28(22-17-11-6-12-18-22)23(20-13-7-4-8-14-20)19-24(25(29)31-2)33-26(34-28)21-15-9-5-10-16-21/h4,6-8,11-14,17-19,21,23,26H,3,5,9-10,15-16H2,1-2H3/t23-,26-,28+/m0/s1. The fraction of sp³-hybridized carbons (Fsp3) is 0.429. The summed E-state index contributed by atoms with van der Waals surface area (Å²) >= 11 is 0. The average Bonchev–Trinajstić information content (AvgIpc) is 3.08. The highest BCUT2D eigenvalue weighted by Crippen LogP contribution is 2.48. The van der Waals surface area contributed by atoms with Gasteiger partial charge in [0.2, 0.25) is 17.7 Å². The van der Waals surface area contributed by atoms with Gasteiger partial charge in [-0.2, -0.15) is 0 Å². The van der Waals surface area contributed by atoms with Crippen LogP contribution < -0.4 is 0 Å². The molecule has 2 aliphatic rings. The maximum Gasteiger partial charge on any atom is 0.373 e. The van der Waals surface area contributed by atoms with E-state index in [1.165, 1.54) is 7.11 Å². The number of hydrogen-bond acceptors (Lipinski definition) is 6. The number of methoxy groups -OCH3 is 1. The Kier molecular flexibility index (Phi) is 7.68. The predicted octanol–water partition coefficient (Wildman–Crippen LogP) is 5.24. The van der Waals surface area contributed by atoms with Crippen molar-refractivity contribution in [1.29, 1.82) is 0 Å². The lowest BCUT2D eigenvalue weighted by atomic mass is 9.76. The highest BCUT2D eigenvalue weighted by molar-refractivity contribution is 5.88. The molecular weight excluding hydrogens is 432 g/mol. The van der Waals surface area contributed by atoms with E-state index >= 15 is 0 Å². The molecule has 34 heavy (non-hydrogen) atoms. The minimum atomic E-state index is -1.55. The molecule has 2 aromatic rings. The van der Waals surface area contributed by atoms with Gasteiger partial charge in [-0.3, -0.25) is 0 Å². The van der Waals surface area contributed by atoms with E-state index in [9.17, 15) is 9.59 Å². The molecule has 0 aromatic heterocycles. The molecule has 6 heteroatoms. The van der Waals surface area contributed by atoms with Crippen molar-refractivity contribution in [3.63, 3.8) is 0 Å². The first-order chi connectivity index (χ1) is 16.6. The van der Waals surface area contributed by atoms with Gasteiger partial charge in [0.1, 0.15) is 0 Å². The number of rotatable bonds is 6. The smallest absolute Gasteiger partial charge is 0.373 e. The van der Waals surface area contributed by atoms with Gasteiger partial charge in [-0.1, -0.05) is 79.9 Å². The number of carbonyl (C=O) groups excluding carboxylic acids is 2. The second-order valence-corrected chi connectivity index (χ2v) is 8.74. The molecule has 6 nitrogen and oxygen atoms in total. The topological polar surface area (TPSA) is 71.1 Å². The molecule has 2 aromatic carbocycles. The van der Waals surface area contributed by atoms with Crippen molar-refractivity contribution in [2.75, 3.05) is 13.7 Å². The number of benzene rings is 2. The second kappa shape index (κ2) is 10.9. The molecule has 1 aliphatic carbocycles. The monoisotopic (exact) mass is 464 g/mol. The van der Waals surface area contributed by atoms with Crippen molar-refractivity contribution in [3.8, 4) is 0 Å². The van der Waals surface area contributed by atoms with Crippen LogP contribution in [0.1, 0.15) is 56.1 Å². The largest absolute Gasteiger partial charge is 0.464 e. The van der Waals surface area contributed by atoms with Crippen LogP contribution in [0.25, 0.3) is 0 Å². The zero-order valence-electron chi connectivity index (χ0n) is 19.8. The van der Waals surface area contributed by atoms with Crippen molar-refractivity contribution >= 4 is 11.9 Å². The molecule has 0 saturated heterocycles. The summed E-state index contributed by atoms with van der Waals surface area (Å²) in [6.45, 7) is 1.97. The minimum absolute atomic E-state index is 0.0360. The molecule has 0 unspecified atom stereocenters. The maximum atomic E-state index is 13.9. The zero-order chi connectivity index (χ0) is 24.0. The molecule has 0 N–H and O–H groups in total. The zero-order valence-corrected chi connectivity index (χ0v) is 19.8. The van der Waals surface area contributed by atoms with Crippen molar-refractivity contribution in [2.24, 2.45) is 5.92 Å². The van der Waals surface area contributed by atoms with E-state index in [0.29, 0.717) is 5.56 Å². The summed E-state index contributed by atoms with van der Waals surface area (Å²) in [6, 6.07) is 18.9. The number of hydrogen-bond donors (Lipinski definition) is 0. The van der Waals surface area contributed by atoms with Gasteiger partial charge in [-0.15, -0.1) is 0 Å². The van der Waals surface area contributed by atoms with E-state index in [1.807, 2.05) is 60.7 Å². The van der Waals surface area contributed by atoms with Crippen LogP contribution in [-0.2, 0) is 34.1 Å².